The minimum atomic E-state index is -0.976. The number of rotatable bonds is 2. The van der Waals surface area contributed by atoms with Crippen LogP contribution < -0.4 is 0 Å². The lowest BCUT2D eigenvalue weighted by Gasteiger charge is -2.15. The van der Waals surface area contributed by atoms with Crippen LogP contribution >= 0.6 is 15.9 Å². The van der Waals surface area contributed by atoms with Crippen molar-refractivity contribution in [3.05, 3.63) is 22.4 Å². The molecule has 0 amide bonds. The molecule has 1 atom stereocenters. The molecule has 2 heterocycles. The number of halogens is 1. The van der Waals surface area contributed by atoms with Crippen molar-refractivity contribution in [1.29, 1.82) is 0 Å². The van der Waals surface area contributed by atoms with Crippen molar-refractivity contribution >= 4 is 39.6 Å². The van der Waals surface area contributed by atoms with Gasteiger partial charge in [0.1, 0.15) is 5.69 Å². The number of aliphatic imine (C=N–C) groups is 1. The first-order valence-electron chi connectivity index (χ1n) is 5.04. The Morgan fingerprint density at radius 3 is 3.06 bits per heavy atom. The molecule has 0 saturated heterocycles. The van der Waals surface area contributed by atoms with Crippen molar-refractivity contribution in [2.24, 2.45) is 10.9 Å². The molecule has 1 aliphatic rings. The molecule has 0 aliphatic carbocycles. The van der Waals surface area contributed by atoms with E-state index >= 15 is 0 Å². The molecule has 1 aromatic heterocycles. The highest BCUT2D eigenvalue weighted by molar-refractivity contribution is 9.10. The summed E-state index contributed by atoms with van der Waals surface area (Å²) in [6, 6.07) is 1.68. The van der Waals surface area contributed by atoms with Crippen LogP contribution in [-0.4, -0.2) is 29.6 Å². The number of Topliss-reactive ketones (excluding diaryl/α,β-unsaturated/α-hetero) is 1. The van der Waals surface area contributed by atoms with Crippen LogP contribution in [0.4, 0.5) is 5.69 Å². The first kappa shape index (κ1) is 11.9. The lowest BCUT2D eigenvalue weighted by Crippen LogP contribution is -2.30. The van der Waals surface area contributed by atoms with Gasteiger partial charge in [0.2, 0.25) is 5.78 Å². The molecule has 1 aliphatic heterocycles. The number of ketones is 1. The second-order valence-electron chi connectivity index (χ2n) is 3.39. The molecule has 0 spiro atoms. The molecule has 0 fully saturated rings. The van der Waals surface area contributed by atoms with Gasteiger partial charge in [-0.1, -0.05) is 0 Å². The van der Waals surface area contributed by atoms with Crippen molar-refractivity contribution in [3.63, 3.8) is 0 Å². The largest absolute Gasteiger partial charge is 0.465 e. The van der Waals surface area contributed by atoms with Gasteiger partial charge in [-0.05, 0) is 28.9 Å². The summed E-state index contributed by atoms with van der Waals surface area (Å²) in [6.07, 6.45) is 2.80. The predicted molar refractivity (Wildman–Crippen MR) is 64.5 cm³/mol. The smallest absolute Gasteiger partial charge is 0.322 e. The van der Waals surface area contributed by atoms with Crippen LogP contribution in [0.5, 0.6) is 0 Å². The number of carbonyl (C=O) groups is 2. The summed E-state index contributed by atoms with van der Waals surface area (Å²) in [5.41, 5.74) is 0.665. The number of pyridine rings is 1. The lowest BCUT2D eigenvalue weighted by molar-refractivity contribution is -0.144. The van der Waals surface area contributed by atoms with Gasteiger partial charge in [-0.15, -0.1) is 0 Å². The summed E-state index contributed by atoms with van der Waals surface area (Å²) in [5.74, 6) is -1.94. The Morgan fingerprint density at radius 1 is 1.59 bits per heavy atom. The van der Waals surface area contributed by atoms with E-state index in [1.807, 2.05) is 0 Å². The van der Waals surface area contributed by atoms with E-state index in [1.165, 1.54) is 12.4 Å². The lowest BCUT2D eigenvalue weighted by atomic mass is 9.99. The first-order valence-corrected chi connectivity index (χ1v) is 5.83. The van der Waals surface area contributed by atoms with E-state index in [4.69, 9.17) is 4.74 Å². The number of esters is 1. The molecular formula is C11H9BrN2O3. The summed E-state index contributed by atoms with van der Waals surface area (Å²) in [5, 5.41) is 0. The highest BCUT2D eigenvalue weighted by Gasteiger charge is 2.32. The number of nitrogens with zero attached hydrogens (tertiary/aromatic N) is 2. The highest BCUT2D eigenvalue weighted by Crippen LogP contribution is 2.27. The van der Waals surface area contributed by atoms with Gasteiger partial charge < -0.3 is 4.74 Å². The van der Waals surface area contributed by atoms with E-state index in [0.717, 1.165) is 4.47 Å². The summed E-state index contributed by atoms with van der Waals surface area (Å²) in [4.78, 5) is 31.5. The van der Waals surface area contributed by atoms with E-state index in [2.05, 4.69) is 25.9 Å². The summed E-state index contributed by atoms with van der Waals surface area (Å²) < 4.78 is 5.53. The van der Waals surface area contributed by atoms with Crippen LogP contribution in [0, 0.1) is 5.92 Å². The predicted octanol–water partition coefficient (Wildman–Crippen LogP) is 1.92. The Morgan fingerprint density at radius 2 is 2.35 bits per heavy atom. The SMILES string of the molecule is CCOC(=O)C1C=Nc2cc(Br)cnc2C1=O. The molecule has 0 radical (unpaired) electrons. The van der Waals surface area contributed by atoms with Crippen molar-refractivity contribution < 1.29 is 14.3 Å². The normalized spacial score (nSPS) is 17.8. The van der Waals surface area contributed by atoms with E-state index in [9.17, 15) is 9.59 Å². The van der Waals surface area contributed by atoms with E-state index in [0.29, 0.717) is 5.69 Å². The molecule has 1 unspecified atom stereocenters. The van der Waals surface area contributed by atoms with Crippen LogP contribution in [0.3, 0.4) is 0 Å². The van der Waals surface area contributed by atoms with E-state index < -0.39 is 11.9 Å². The fourth-order valence-electron chi connectivity index (χ4n) is 1.49. The number of aromatic nitrogens is 1. The third kappa shape index (κ3) is 2.26. The average Bonchev–Trinajstić information content (AvgIpc) is 2.29. The fourth-order valence-corrected chi connectivity index (χ4v) is 1.81. The van der Waals surface area contributed by atoms with Crippen molar-refractivity contribution in [3.8, 4) is 0 Å². The third-order valence-corrected chi connectivity index (χ3v) is 2.69. The Hall–Kier alpha value is -1.56. The molecule has 2 rings (SSSR count). The van der Waals surface area contributed by atoms with E-state index in [1.54, 1.807) is 13.0 Å². The van der Waals surface area contributed by atoms with Crippen LogP contribution in [0.2, 0.25) is 0 Å². The zero-order valence-corrected chi connectivity index (χ0v) is 10.6. The molecule has 0 N–H and O–H groups in total. The zero-order valence-electron chi connectivity index (χ0n) is 9.01. The Bertz CT molecular complexity index is 513. The van der Waals surface area contributed by atoms with Crippen molar-refractivity contribution in [2.75, 3.05) is 6.61 Å². The maximum atomic E-state index is 12.0. The summed E-state index contributed by atoms with van der Waals surface area (Å²) in [7, 11) is 0. The zero-order chi connectivity index (χ0) is 12.4. The topological polar surface area (TPSA) is 68.6 Å². The molecule has 0 saturated carbocycles. The quantitative estimate of drug-likeness (QED) is 0.618. The molecule has 88 valence electrons. The van der Waals surface area contributed by atoms with Gasteiger partial charge in [0.15, 0.2) is 5.92 Å². The minimum absolute atomic E-state index is 0.203. The standard InChI is InChI=1S/C11H9BrN2O3/c1-2-17-11(16)7-5-13-8-3-6(12)4-14-9(8)10(7)15/h3-5,7H,2H2,1H3. The number of hydrogen-bond acceptors (Lipinski definition) is 5. The number of ether oxygens (including phenoxy) is 1. The summed E-state index contributed by atoms with van der Waals surface area (Å²) in [6.45, 7) is 1.92. The maximum Gasteiger partial charge on any atom is 0.322 e. The maximum absolute atomic E-state index is 12.0. The number of hydrogen-bond donors (Lipinski definition) is 0. The first-order chi connectivity index (χ1) is 8.13. The Labute approximate surface area is 106 Å². The molecule has 5 nitrogen and oxygen atoms in total. The van der Waals surface area contributed by atoms with Gasteiger partial charge in [0.05, 0.1) is 12.3 Å². The number of fused-ring (bicyclic) bond motifs is 1. The third-order valence-electron chi connectivity index (χ3n) is 2.25. The van der Waals surface area contributed by atoms with Gasteiger partial charge in [0.25, 0.3) is 0 Å². The van der Waals surface area contributed by atoms with Crippen molar-refractivity contribution in [2.45, 2.75) is 6.92 Å². The number of carbonyl (C=O) groups excluding carboxylic acids is 2. The van der Waals surface area contributed by atoms with Gasteiger partial charge in [-0.2, -0.15) is 0 Å². The summed E-state index contributed by atoms with van der Waals surface area (Å²) >= 11 is 3.24. The molecule has 0 bridgehead atoms. The van der Waals surface area contributed by atoms with Gasteiger partial charge in [0, 0.05) is 16.9 Å². The van der Waals surface area contributed by atoms with Gasteiger partial charge in [-0.25, -0.2) is 4.98 Å². The van der Waals surface area contributed by atoms with Crippen LogP contribution in [0.15, 0.2) is 21.7 Å². The van der Waals surface area contributed by atoms with Gasteiger partial charge in [-0.3, -0.25) is 14.6 Å². The van der Waals surface area contributed by atoms with Crippen LogP contribution in [0.25, 0.3) is 0 Å². The van der Waals surface area contributed by atoms with E-state index in [-0.39, 0.29) is 18.1 Å². The molecule has 17 heavy (non-hydrogen) atoms. The fraction of sp³-hybridized carbons (Fsp3) is 0.273. The molecule has 6 heteroatoms. The minimum Gasteiger partial charge on any atom is -0.465 e. The molecular weight excluding hydrogens is 288 g/mol. The van der Waals surface area contributed by atoms with Crippen LogP contribution in [0.1, 0.15) is 17.4 Å². The highest BCUT2D eigenvalue weighted by atomic mass is 79.9. The second-order valence-corrected chi connectivity index (χ2v) is 4.31. The molecule has 0 aromatic carbocycles. The van der Waals surface area contributed by atoms with Crippen LogP contribution in [-0.2, 0) is 9.53 Å². The monoisotopic (exact) mass is 296 g/mol. The van der Waals surface area contributed by atoms with Crippen molar-refractivity contribution in [1.82, 2.24) is 4.98 Å². The van der Waals surface area contributed by atoms with Gasteiger partial charge >= 0.3 is 5.97 Å². The Kier molecular flexibility index (Phi) is 3.33. The Balaban J connectivity index is 2.34. The second kappa shape index (κ2) is 4.75. The average molecular weight is 297 g/mol. The molecule has 1 aromatic rings.